The first-order chi connectivity index (χ1) is 7.00. The van der Waals surface area contributed by atoms with E-state index in [2.05, 4.69) is 0 Å². The first-order valence-electron chi connectivity index (χ1n) is 3.15. The summed E-state index contributed by atoms with van der Waals surface area (Å²) < 4.78 is 135. The average Bonchev–Trinajstić information content (AvgIpc) is 1.98. The summed E-state index contributed by atoms with van der Waals surface area (Å²) in [5.74, 6) is -14.8. The van der Waals surface area contributed by atoms with E-state index in [-0.39, 0.29) is 0 Å². The Bertz CT molecular complexity index is 393. The summed E-state index contributed by atoms with van der Waals surface area (Å²) >= 11 is 0. The van der Waals surface area contributed by atoms with Crippen LogP contribution in [0.25, 0.3) is 0 Å². The first kappa shape index (κ1) is 16.3. The molecule has 0 bridgehead atoms. The maximum absolute atomic E-state index is 12.2. The molecule has 17 heavy (non-hydrogen) atoms. The normalized spacial score (nSPS) is 16.1. The van der Waals surface area contributed by atoms with Gasteiger partial charge in [0.25, 0.3) is 0 Å². The van der Waals surface area contributed by atoms with Gasteiger partial charge in [0.05, 0.1) is 0 Å². The van der Waals surface area contributed by atoms with E-state index in [0.29, 0.717) is 0 Å². The Morgan fingerprint density at radius 3 is 1.12 bits per heavy atom. The number of halogens is 9. The van der Waals surface area contributed by atoms with Crippen LogP contribution in [0.5, 0.6) is 0 Å². The Hall–Kier alpha value is -0.720. The molecule has 3 nitrogen and oxygen atoms in total. The molecule has 0 aliphatic carbocycles. The van der Waals surface area contributed by atoms with Gasteiger partial charge in [-0.25, -0.2) is 0 Å². The van der Waals surface area contributed by atoms with Crippen molar-refractivity contribution in [1.82, 2.24) is 0 Å². The summed E-state index contributed by atoms with van der Waals surface area (Å²) in [6, 6.07) is 0. The minimum atomic E-state index is -7.43. The second-order valence-corrected chi connectivity index (χ2v) is 4.04. The molecular weight excluding hydrogens is 299 g/mol. The Morgan fingerprint density at radius 1 is 0.647 bits per heavy atom. The summed E-state index contributed by atoms with van der Waals surface area (Å²) in [5, 5.41) is -7.11. The highest BCUT2D eigenvalue weighted by Crippen LogP contribution is 2.54. The average molecular weight is 299 g/mol. The lowest BCUT2D eigenvalue weighted by Crippen LogP contribution is -2.62. The van der Waals surface area contributed by atoms with Gasteiger partial charge in [0.1, 0.15) is 0 Å². The molecule has 0 aliphatic rings. The fraction of sp³-hybridized carbons (Fsp3) is 1.00. The van der Waals surface area contributed by atoms with Gasteiger partial charge in [-0.05, 0) is 0 Å². The third-order valence-corrected chi connectivity index (χ3v) is 2.31. The molecule has 0 spiro atoms. The van der Waals surface area contributed by atoms with E-state index in [9.17, 15) is 52.5 Å². The van der Waals surface area contributed by atoms with Crippen molar-refractivity contribution in [2.45, 2.75) is 23.3 Å². The minimum absolute atomic E-state index is 7.11. The second-order valence-electron chi connectivity index (χ2n) is 2.62. The van der Waals surface area contributed by atoms with Gasteiger partial charge in [0.15, 0.2) is 0 Å². The van der Waals surface area contributed by atoms with Crippen molar-refractivity contribution in [2.75, 3.05) is 0 Å². The quantitative estimate of drug-likeness (QED) is 0.750. The molecule has 0 saturated heterocycles. The van der Waals surface area contributed by atoms with Crippen molar-refractivity contribution in [3.05, 3.63) is 0 Å². The number of hydrogen-bond acceptors (Lipinski definition) is 2. The van der Waals surface area contributed by atoms with Gasteiger partial charge in [0, 0.05) is 0 Å². The molecule has 1 radical (unpaired) electrons. The zero-order valence-electron chi connectivity index (χ0n) is 7.03. The van der Waals surface area contributed by atoms with Crippen molar-refractivity contribution in [2.24, 2.45) is 0 Å². The summed E-state index contributed by atoms with van der Waals surface area (Å²) in [7, 11) is -7.42. The van der Waals surface area contributed by atoms with Gasteiger partial charge >= 0.3 is 33.4 Å². The zero-order chi connectivity index (χ0) is 14.5. The molecule has 103 valence electrons. The van der Waals surface area contributed by atoms with E-state index in [1.165, 1.54) is 0 Å². The van der Waals surface area contributed by atoms with E-state index >= 15 is 0 Å². The highest BCUT2D eigenvalue weighted by atomic mass is 32.2. The summed E-state index contributed by atoms with van der Waals surface area (Å²) in [4.78, 5) is 0. The second kappa shape index (κ2) is 3.63. The molecule has 0 aromatic carbocycles. The molecule has 0 saturated carbocycles. The van der Waals surface area contributed by atoms with Crippen molar-refractivity contribution >= 4 is 10.1 Å². The largest absolute Gasteiger partial charge is 0.460 e. The van der Waals surface area contributed by atoms with Gasteiger partial charge in [-0.2, -0.15) is 47.9 Å². The van der Waals surface area contributed by atoms with Crippen molar-refractivity contribution < 1.29 is 52.5 Å². The third kappa shape index (κ3) is 2.17. The molecule has 0 heterocycles. The van der Waals surface area contributed by atoms with E-state index in [4.69, 9.17) is 0 Å². The lowest BCUT2D eigenvalue weighted by Gasteiger charge is -2.31. The van der Waals surface area contributed by atoms with Crippen molar-refractivity contribution in [3.63, 3.8) is 0 Å². The van der Waals surface area contributed by atoms with Crippen molar-refractivity contribution in [3.8, 4) is 0 Å². The van der Waals surface area contributed by atoms with E-state index in [1.807, 2.05) is 0 Å². The Balaban J connectivity index is 5.91. The van der Waals surface area contributed by atoms with Gasteiger partial charge in [-0.15, -0.1) is 0 Å². The van der Waals surface area contributed by atoms with Crippen LogP contribution in [0.2, 0.25) is 0 Å². The topological polar surface area (TPSA) is 54.0 Å². The van der Waals surface area contributed by atoms with Crippen LogP contribution in [0.3, 0.4) is 0 Å². The Labute approximate surface area is 87.0 Å². The third-order valence-electron chi connectivity index (χ3n) is 1.43. The van der Waals surface area contributed by atoms with Crippen LogP contribution in [-0.2, 0) is 14.7 Å². The lowest BCUT2D eigenvalue weighted by atomic mass is 10.1. The van der Waals surface area contributed by atoms with Crippen LogP contribution in [0.1, 0.15) is 0 Å². The van der Waals surface area contributed by atoms with Crippen LogP contribution in [0, 0.1) is 0 Å². The number of hydrogen-bond donors (Lipinski definition) is 0. The van der Waals surface area contributed by atoms with Crippen LogP contribution >= 0.6 is 0 Å². The molecule has 0 rings (SSSR count). The highest BCUT2D eigenvalue weighted by molar-refractivity contribution is 7.86. The molecule has 0 unspecified atom stereocenters. The maximum Gasteiger partial charge on any atom is 0.460 e. The van der Waals surface area contributed by atoms with Crippen LogP contribution in [0.4, 0.5) is 39.5 Å². The number of alkyl halides is 9. The monoisotopic (exact) mass is 299 g/mol. The lowest BCUT2D eigenvalue weighted by molar-refractivity contribution is -0.382. The minimum Gasteiger partial charge on any atom is -0.191 e. The fourth-order valence-electron chi connectivity index (χ4n) is 0.518. The standard InChI is InChI=1S/C4F9O3S/c5-1(6,3(9,10)11)2(7,8)4(12,13)17(14,15)16. The van der Waals surface area contributed by atoms with Crippen LogP contribution < -0.4 is 0 Å². The van der Waals surface area contributed by atoms with Gasteiger partial charge in [-0.3, -0.25) is 0 Å². The van der Waals surface area contributed by atoms with Gasteiger partial charge in [0.2, 0.25) is 0 Å². The summed E-state index contributed by atoms with van der Waals surface area (Å²) in [5.41, 5.74) is 0. The molecule has 0 amide bonds. The first-order valence-corrected chi connectivity index (χ1v) is 4.56. The smallest absolute Gasteiger partial charge is 0.191 e. The maximum atomic E-state index is 12.2. The van der Waals surface area contributed by atoms with Gasteiger partial charge in [-0.1, -0.05) is 4.55 Å². The summed E-state index contributed by atoms with van der Waals surface area (Å²) in [6.45, 7) is 0. The predicted molar refractivity (Wildman–Crippen MR) is 30.5 cm³/mol. The van der Waals surface area contributed by atoms with E-state index < -0.39 is 33.4 Å². The van der Waals surface area contributed by atoms with E-state index in [0.717, 1.165) is 0 Å². The predicted octanol–water partition coefficient (Wildman–Crippen LogP) is 2.17. The Kier molecular flexibility index (Phi) is 3.48. The molecule has 0 aromatic heterocycles. The van der Waals surface area contributed by atoms with Crippen molar-refractivity contribution in [1.29, 1.82) is 0 Å². The molecule has 0 aromatic rings. The summed E-state index contributed by atoms with van der Waals surface area (Å²) in [6.07, 6.45) is -7.16. The zero-order valence-corrected chi connectivity index (χ0v) is 7.85. The van der Waals surface area contributed by atoms with E-state index in [1.54, 1.807) is 0 Å². The molecule has 0 N–H and O–H groups in total. The number of rotatable bonds is 3. The van der Waals surface area contributed by atoms with Gasteiger partial charge < -0.3 is 0 Å². The van der Waals surface area contributed by atoms with Crippen LogP contribution in [-0.4, -0.2) is 31.7 Å². The molecule has 0 aliphatic heterocycles. The van der Waals surface area contributed by atoms with Crippen LogP contribution in [0.15, 0.2) is 0 Å². The fourth-order valence-corrected chi connectivity index (χ4v) is 0.960. The molecule has 0 atom stereocenters. The molecule has 0 fully saturated rings. The Morgan fingerprint density at radius 2 is 0.941 bits per heavy atom. The molecule has 13 heteroatoms. The molecular formula is C4F9O3S. The highest BCUT2D eigenvalue weighted by Gasteiger charge is 2.85. The SMILES string of the molecule is [O]S(=O)(=O)C(F)(F)C(F)(F)C(F)(F)C(F)(F)F.